The summed E-state index contributed by atoms with van der Waals surface area (Å²) >= 11 is 1.37. The number of nitro groups is 1. The van der Waals surface area contributed by atoms with Gasteiger partial charge in [-0.15, -0.1) is 0 Å². The molecule has 2 aromatic heterocycles. The van der Waals surface area contributed by atoms with Gasteiger partial charge in [-0.05, 0) is 16.1 Å². The molecule has 9 heteroatoms. The Labute approximate surface area is 154 Å². The predicted octanol–water partition coefficient (Wildman–Crippen LogP) is 2.75. The van der Waals surface area contributed by atoms with Gasteiger partial charge in [-0.3, -0.25) is 4.90 Å². The maximum atomic E-state index is 11.3. The monoisotopic (exact) mass is 373 g/mol. The van der Waals surface area contributed by atoms with Gasteiger partial charge in [-0.1, -0.05) is 35.6 Å². The van der Waals surface area contributed by atoms with Crippen LogP contribution in [0.4, 0.5) is 11.6 Å². The van der Waals surface area contributed by atoms with E-state index in [2.05, 4.69) is 27.3 Å². The second-order valence-electron chi connectivity index (χ2n) is 6.16. The number of anilines is 1. The van der Waals surface area contributed by atoms with E-state index >= 15 is 0 Å². The van der Waals surface area contributed by atoms with Crippen LogP contribution in [0.25, 0.3) is 4.96 Å². The van der Waals surface area contributed by atoms with Crippen molar-refractivity contribution in [2.75, 3.05) is 31.6 Å². The van der Waals surface area contributed by atoms with Gasteiger partial charge in [0.1, 0.15) is 6.20 Å². The van der Waals surface area contributed by atoms with E-state index in [0.717, 1.165) is 38.4 Å². The zero-order valence-corrected chi connectivity index (χ0v) is 14.9. The van der Waals surface area contributed by atoms with Crippen molar-refractivity contribution in [1.29, 1.82) is 0 Å². The van der Waals surface area contributed by atoms with Crippen molar-refractivity contribution in [1.82, 2.24) is 14.3 Å². The van der Waals surface area contributed by atoms with Crippen LogP contribution in [0.2, 0.25) is 0 Å². The molecule has 0 amide bonds. The van der Waals surface area contributed by atoms with Crippen LogP contribution in [-0.4, -0.2) is 45.5 Å². The van der Waals surface area contributed by atoms with Gasteiger partial charge in [-0.25, -0.2) is 0 Å². The first-order valence-electron chi connectivity index (χ1n) is 8.42. The van der Waals surface area contributed by atoms with E-state index in [1.54, 1.807) is 11.6 Å². The Hall–Kier alpha value is -2.49. The highest BCUT2D eigenvalue weighted by Crippen LogP contribution is 2.28. The number of hydrogen-bond donors (Lipinski definition) is 1. The molecule has 136 valence electrons. The number of aromatic nitrogens is 2. The first-order valence-corrected chi connectivity index (χ1v) is 9.30. The minimum Gasteiger partial charge on any atom is -0.379 e. The minimum absolute atomic E-state index is 0.0230. The summed E-state index contributed by atoms with van der Waals surface area (Å²) in [6.45, 7) is 4.92. The van der Waals surface area contributed by atoms with E-state index in [1.165, 1.54) is 21.3 Å². The summed E-state index contributed by atoms with van der Waals surface area (Å²) in [4.78, 5) is 18.2. The van der Waals surface area contributed by atoms with E-state index < -0.39 is 4.92 Å². The fourth-order valence-electron chi connectivity index (χ4n) is 3.03. The molecule has 1 fully saturated rings. The van der Waals surface area contributed by atoms with Crippen molar-refractivity contribution < 1.29 is 9.66 Å². The fourth-order valence-corrected chi connectivity index (χ4v) is 3.74. The molecule has 4 rings (SSSR count). The second kappa shape index (κ2) is 7.40. The molecule has 8 nitrogen and oxygen atoms in total. The third-order valence-corrected chi connectivity index (χ3v) is 5.16. The van der Waals surface area contributed by atoms with Gasteiger partial charge >= 0.3 is 5.82 Å². The fraction of sp³-hybridized carbons (Fsp3) is 0.353. The van der Waals surface area contributed by atoms with Crippen molar-refractivity contribution in [3.05, 3.63) is 57.1 Å². The molecule has 1 N–H and O–H groups in total. The number of thiazole rings is 1. The normalized spacial score (nSPS) is 15.4. The zero-order chi connectivity index (χ0) is 17.9. The Bertz CT molecular complexity index is 899. The summed E-state index contributed by atoms with van der Waals surface area (Å²) in [5.74, 6) is 0.282. The molecule has 1 aliphatic heterocycles. The Balaban J connectivity index is 1.41. The number of rotatable bonds is 6. The molecule has 1 aromatic carbocycles. The Morgan fingerprint density at radius 2 is 1.96 bits per heavy atom. The summed E-state index contributed by atoms with van der Waals surface area (Å²) in [7, 11) is 0. The number of hydrogen-bond acceptors (Lipinski definition) is 7. The minimum atomic E-state index is -0.402. The van der Waals surface area contributed by atoms with Gasteiger partial charge in [0.2, 0.25) is 5.82 Å². The molecule has 0 spiro atoms. The maximum Gasteiger partial charge on any atom is 0.372 e. The largest absolute Gasteiger partial charge is 0.379 e. The van der Waals surface area contributed by atoms with Gasteiger partial charge in [-0.2, -0.15) is 9.38 Å². The van der Waals surface area contributed by atoms with Gasteiger partial charge in [0, 0.05) is 31.6 Å². The lowest BCUT2D eigenvalue weighted by Crippen LogP contribution is -2.35. The topological polar surface area (TPSA) is 84.9 Å². The number of nitrogens with one attached hydrogen (secondary N) is 1. The molecule has 0 atom stereocenters. The van der Waals surface area contributed by atoms with E-state index in [-0.39, 0.29) is 5.82 Å². The lowest BCUT2D eigenvalue weighted by Gasteiger charge is -2.26. The lowest BCUT2D eigenvalue weighted by molar-refractivity contribution is -0.389. The summed E-state index contributed by atoms with van der Waals surface area (Å²) in [6, 6.07) is 8.30. The van der Waals surface area contributed by atoms with Gasteiger partial charge in [0.25, 0.3) is 4.96 Å². The van der Waals surface area contributed by atoms with Crippen molar-refractivity contribution in [2.24, 2.45) is 0 Å². The molecule has 0 unspecified atom stereocenters. The van der Waals surface area contributed by atoms with Crippen LogP contribution >= 0.6 is 11.3 Å². The number of fused-ring (bicyclic) bond motifs is 1. The number of benzene rings is 1. The molecular weight excluding hydrogens is 354 g/mol. The molecule has 0 saturated carbocycles. The van der Waals surface area contributed by atoms with Crippen molar-refractivity contribution in [2.45, 2.75) is 13.1 Å². The van der Waals surface area contributed by atoms with Gasteiger partial charge in [0.15, 0.2) is 0 Å². The van der Waals surface area contributed by atoms with E-state index in [1.807, 2.05) is 12.1 Å². The quantitative estimate of drug-likeness (QED) is 0.528. The molecule has 1 saturated heterocycles. The highest BCUT2D eigenvalue weighted by molar-refractivity contribution is 7.15. The molecule has 26 heavy (non-hydrogen) atoms. The molecule has 3 aromatic rings. The molecule has 0 bridgehead atoms. The van der Waals surface area contributed by atoms with Crippen LogP contribution in [0.5, 0.6) is 0 Å². The van der Waals surface area contributed by atoms with Crippen LogP contribution in [0.1, 0.15) is 11.1 Å². The average Bonchev–Trinajstić information content (AvgIpc) is 3.22. The smallest absolute Gasteiger partial charge is 0.372 e. The van der Waals surface area contributed by atoms with Crippen LogP contribution in [0.15, 0.2) is 35.8 Å². The first-order chi connectivity index (χ1) is 12.7. The summed E-state index contributed by atoms with van der Waals surface area (Å²) in [5, 5.41) is 16.2. The zero-order valence-electron chi connectivity index (χ0n) is 14.1. The van der Waals surface area contributed by atoms with Crippen LogP contribution in [0, 0.1) is 10.1 Å². The van der Waals surface area contributed by atoms with Crippen molar-refractivity contribution >= 4 is 27.9 Å². The summed E-state index contributed by atoms with van der Waals surface area (Å²) < 4.78 is 6.87. The van der Waals surface area contributed by atoms with E-state index in [4.69, 9.17) is 4.74 Å². The number of morpholine rings is 1. The Morgan fingerprint density at radius 1 is 1.23 bits per heavy atom. The first kappa shape index (κ1) is 17.0. The number of imidazole rings is 1. The number of ether oxygens (including phenoxy) is 1. The third-order valence-electron chi connectivity index (χ3n) is 4.40. The Kier molecular flexibility index (Phi) is 4.83. The predicted molar refractivity (Wildman–Crippen MR) is 99.6 cm³/mol. The highest BCUT2D eigenvalue weighted by Gasteiger charge is 2.23. The maximum absolute atomic E-state index is 11.3. The molecule has 0 radical (unpaired) electrons. The van der Waals surface area contributed by atoms with Gasteiger partial charge in [0.05, 0.1) is 13.2 Å². The van der Waals surface area contributed by atoms with Gasteiger partial charge < -0.3 is 20.2 Å². The van der Waals surface area contributed by atoms with E-state index in [0.29, 0.717) is 17.3 Å². The standard InChI is InChI=1S/C17H19N5O3S/c23-22(24)16-15(19-17-21(16)7-10-26-17)18-11-13-1-3-14(4-2-13)12-20-5-8-25-9-6-20/h1-4,7,10,18H,5-6,8-9,11-12H2. The van der Waals surface area contributed by atoms with Crippen LogP contribution in [-0.2, 0) is 17.8 Å². The highest BCUT2D eigenvalue weighted by atomic mass is 32.1. The van der Waals surface area contributed by atoms with Crippen molar-refractivity contribution in [3.8, 4) is 0 Å². The third kappa shape index (κ3) is 3.55. The average molecular weight is 373 g/mol. The Morgan fingerprint density at radius 3 is 2.69 bits per heavy atom. The second-order valence-corrected chi connectivity index (χ2v) is 7.03. The van der Waals surface area contributed by atoms with Crippen LogP contribution < -0.4 is 5.32 Å². The lowest BCUT2D eigenvalue weighted by atomic mass is 10.1. The summed E-state index contributed by atoms with van der Waals surface area (Å²) in [6.07, 6.45) is 1.66. The molecule has 0 aliphatic carbocycles. The van der Waals surface area contributed by atoms with Crippen molar-refractivity contribution in [3.63, 3.8) is 0 Å². The molecular formula is C17H19N5O3S. The number of nitrogens with zero attached hydrogens (tertiary/aromatic N) is 4. The SMILES string of the molecule is O=[N+]([O-])c1c(NCc2ccc(CN3CCOCC3)cc2)nc2sccn12. The summed E-state index contributed by atoms with van der Waals surface area (Å²) in [5.41, 5.74) is 2.31. The van der Waals surface area contributed by atoms with Crippen LogP contribution in [0.3, 0.4) is 0 Å². The molecule has 3 heterocycles. The van der Waals surface area contributed by atoms with E-state index in [9.17, 15) is 10.1 Å². The molecule has 1 aliphatic rings.